The molecule has 2 saturated heterocycles. The van der Waals surface area contributed by atoms with Crippen molar-refractivity contribution >= 4 is 5.78 Å². The van der Waals surface area contributed by atoms with Crippen LogP contribution in [0.3, 0.4) is 0 Å². The molecule has 3 fully saturated rings. The third kappa shape index (κ3) is 2.14. The minimum atomic E-state index is -1.25. The van der Waals surface area contributed by atoms with Gasteiger partial charge >= 0.3 is 0 Å². The van der Waals surface area contributed by atoms with Crippen LogP contribution in [0, 0.1) is 22.7 Å². The van der Waals surface area contributed by atoms with E-state index in [-0.39, 0.29) is 23.0 Å². The summed E-state index contributed by atoms with van der Waals surface area (Å²) in [5, 5.41) is 31.0. The summed E-state index contributed by atoms with van der Waals surface area (Å²) in [5.74, 6) is -0.265. The van der Waals surface area contributed by atoms with Crippen molar-refractivity contribution in [2.75, 3.05) is 6.61 Å². The average Bonchev–Trinajstić information content (AvgIpc) is 3.37. The van der Waals surface area contributed by atoms with Crippen LogP contribution >= 0.6 is 0 Å². The number of aliphatic hydroxyl groups excluding tert-OH is 3. The summed E-state index contributed by atoms with van der Waals surface area (Å²) in [6.45, 7) is 8.35. The number of carbonyl (C=O) groups is 1. The lowest BCUT2D eigenvalue weighted by Gasteiger charge is -2.58. The number of hydrogen-bond acceptors (Lipinski definition) is 6. The largest absolute Gasteiger partial charge is 0.385 e. The lowest BCUT2D eigenvalue weighted by atomic mass is 9.45. The number of rotatable bonds is 2. The molecule has 1 saturated carbocycles. The second kappa shape index (κ2) is 5.61. The van der Waals surface area contributed by atoms with Crippen LogP contribution in [-0.2, 0) is 14.3 Å². The van der Waals surface area contributed by atoms with E-state index in [9.17, 15) is 20.1 Å². The predicted octanol–water partition coefficient (Wildman–Crippen LogP) is 1.17. The zero-order valence-corrected chi connectivity index (χ0v) is 15.9. The Hall–Kier alpha value is -0.790. The topological polar surface area (TPSA) is 99.5 Å². The highest BCUT2D eigenvalue weighted by Crippen LogP contribution is 2.62. The predicted molar refractivity (Wildman–Crippen MR) is 93.1 cm³/mol. The number of aliphatic hydroxyl groups is 3. The second-order valence-corrected chi connectivity index (χ2v) is 9.23. The Morgan fingerprint density at radius 2 is 1.92 bits per heavy atom. The maximum Gasteiger partial charge on any atom is 0.184 e. The van der Waals surface area contributed by atoms with Crippen LogP contribution in [0.5, 0.6) is 0 Å². The summed E-state index contributed by atoms with van der Waals surface area (Å²) in [4.78, 5) is 13.0. The number of ketones is 1. The van der Waals surface area contributed by atoms with Crippen molar-refractivity contribution in [2.24, 2.45) is 22.7 Å². The highest BCUT2D eigenvalue weighted by atomic mass is 16.7. The highest BCUT2D eigenvalue weighted by molar-refractivity contribution is 5.93. The molecule has 1 spiro atoms. The summed E-state index contributed by atoms with van der Waals surface area (Å²) in [6.07, 6.45) is 0.639. The number of hydrogen-bond donors (Lipinski definition) is 3. The molecule has 0 aromatic rings. The molecule has 3 N–H and O–H groups in total. The zero-order valence-electron chi connectivity index (χ0n) is 15.9. The third-order valence-corrected chi connectivity index (χ3v) is 8.23. The van der Waals surface area contributed by atoms with Crippen molar-refractivity contribution in [1.82, 2.24) is 0 Å². The first-order valence-corrected chi connectivity index (χ1v) is 9.64. The van der Waals surface area contributed by atoms with Gasteiger partial charge in [0.1, 0.15) is 17.8 Å². The van der Waals surface area contributed by atoms with E-state index < -0.39 is 35.6 Å². The van der Waals surface area contributed by atoms with E-state index in [1.807, 2.05) is 20.8 Å². The minimum absolute atomic E-state index is 0.0696. The molecule has 2 heterocycles. The van der Waals surface area contributed by atoms with E-state index in [1.165, 1.54) is 0 Å². The molecule has 6 heteroatoms. The summed E-state index contributed by atoms with van der Waals surface area (Å²) in [6, 6.07) is 0. The Morgan fingerprint density at radius 3 is 2.54 bits per heavy atom. The second-order valence-electron chi connectivity index (χ2n) is 9.23. The van der Waals surface area contributed by atoms with Gasteiger partial charge in [-0.25, -0.2) is 0 Å². The van der Waals surface area contributed by atoms with Crippen LogP contribution in [0.2, 0.25) is 0 Å². The molecular weight excluding hydrogens is 336 g/mol. The van der Waals surface area contributed by atoms with Crippen molar-refractivity contribution in [1.29, 1.82) is 0 Å². The normalized spacial score (nSPS) is 56.4. The Bertz CT molecular complexity index is 655. The number of epoxide rings is 1. The monoisotopic (exact) mass is 366 g/mol. The van der Waals surface area contributed by atoms with E-state index in [4.69, 9.17) is 9.47 Å². The first kappa shape index (κ1) is 18.6. The van der Waals surface area contributed by atoms with Gasteiger partial charge in [0.05, 0.1) is 18.1 Å². The molecule has 0 unspecified atom stereocenters. The number of Topliss-reactive ketones (excluding diaryl/α,β-unsaturated/α-hetero) is 1. The Balaban J connectivity index is 1.72. The van der Waals surface area contributed by atoms with E-state index in [1.54, 1.807) is 0 Å². The van der Waals surface area contributed by atoms with E-state index in [0.717, 1.165) is 18.4 Å². The number of ether oxygens (including phenoxy) is 2. The SMILES string of the molecule is CC1=CCC[C@H]2[C@]1(C)C(=O)[C@@H](O)[C@H](C)[C@@]2(C)C[C@H]1O[C@@H](O)[C@H](O)[C@]12CO2. The lowest BCUT2D eigenvalue weighted by molar-refractivity contribution is -0.174. The van der Waals surface area contributed by atoms with Gasteiger partial charge < -0.3 is 24.8 Å². The van der Waals surface area contributed by atoms with Gasteiger partial charge in [-0.05, 0) is 50.4 Å². The molecule has 9 atom stereocenters. The van der Waals surface area contributed by atoms with Gasteiger partial charge in [0.25, 0.3) is 0 Å². The Kier molecular flexibility index (Phi) is 4.01. The van der Waals surface area contributed by atoms with E-state index >= 15 is 0 Å². The average molecular weight is 366 g/mol. The standard InChI is InChI=1S/C20H30O6/c1-10-6-5-7-12-18(3,11(2)14(21)15(22)19(10,12)4)8-13-20(9-25-20)16(23)17(24)26-13/h6,11-14,16-17,21,23-24H,5,7-9H2,1-4H3/t11-,12+,13+,14-,16-,17+,18+,19+,20-/m0/s1. The van der Waals surface area contributed by atoms with Gasteiger partial charge in [0, 0.05) is 0 Å². The van der Waals surface area contributed by atoms with Gasteiger partial charge in [-0.1, -0.05) is 25.5 Å². The van der Waals surface area contributed by atoms with Crippen molar-refractivity contribution in [3.63, 3.8) is 0 Å². The Labute approximate surface area is 154 Å². The molecule has 0 aromatic heterocycles. The van der Waals surface area contributed by atoms with Crippen LogP contribution in [0.15, 0.2) is 11.6 Å². The summed E-state index contributed by atoms with van der Waals surface area (Å²) >= 11 is 0. The van der Waals surface area contributed by atoms with Crippen LogP contribution < -0.4 is 0 Å². The molecule has 2 aliphatic heterocycles. The molecule has 146 valence electrons. The summed E-state index contributed by atoms with van der Waals surface area (Å²) in [7, 11) is 0. The quantitative estimate of drug-likeness (QED) is 0.501. The van der Waals surface area contributed by atoms with Crippen molar-refractivity contribution in [3.8, 4) is 0 Å². The van der Waals surface area contributed by atoms with Gasteiger partial charge in [-0.15, -0.1) is 0 Å². The maximum atomic E-state index is 13.0. The fraction of sp³-hybridized carbons (Fsp3) is 0.850. The van der Waals surface area contributed by atoms with Gasteiger partial charge in [-0.3, -0.25) is 4.79 Å². The molecule has 0 amide bonds. The highest BCUT2D eigenvalue weighted by Gasteiger charge is 2.69. The van der Waals surface area contributed by atoms with Crippen molar-refractivity contribution in [3.05, 3.63) is 11.6 Å². The molecule has 6 nitrogen and oxygen atoms in total. The van der Waals surface area contributed by atoms with Crippen LogP contribution in [0.25, 0.3) is 0 Å². The number of allylic oxidation sites excluding steroid dienone is 2. The molecule has 0 aromatic carbocycles. The zero-order chi connectivity index (χ0) is 19.1. The van der Waals surface area contributed by atoms with Crippen molar-refractivity contribution in [2.45, 2.75) is 77.2 Å². The maximum absolute atomic E-state index is 13.0. The van der Waals surface area contributed by atoms with E-state index in [2.05, 4.69) is 13.0 Å². The minimum Gasteiger partial charge on any atom is -0.385 e. The van der Waals surface area contributed by atoms with Gasteiger partial charge in [-0.2, -0.15) is 0 Å². The number of fused-ring (bicyclic) bond motifs is 1. The third-order valence-electron chi connectivity index (χ3n) is 8.23. The number of carbonyl (C=O) groups excluding carboxylic acids is 1. The van der Waals surface area contributed by atoms with E-state index in [0.29, 0.717) is 13.0 Å². The first-order chi connectivity index (χ1) is 12.1. The molecule has 4 rings (SSSR count). The smallest absolute Gasteiger partial charge is 0.184 e. The van der Waals surface area contributed by atoms with Gasteiger partial charge in [0.2, 0.25) is 0 Å². The molecule has 26 heavy (non-hydrogen) atoms. The molecule has 2 aliphatic carbocycles. The fourth-order valence-electron chi connectivity index (χ4n) is 5.99. The lowest BCUT2D eigenvalue weighted by Crippen LogP contribution is -2.62. The molecule has 0 radical (unpaired) electrons. The molecule has 4 aliphatic rings. The summed E-state index contributed by atoms with van der Waals surface area (Å²) in [5.41, 5.74) is -0.886. The van der Waals surface area contributed by atoms with Gasteiger partial charge in [0.15, 0.2) is 12.1 Å². The summed E-state index contributed by atoms with van der Waals surface area (Å²) < 4.78 is 11.2. The van der Waals surface area contributed by atoms with Crippen LogP contribution in [0.1, 0.15) is 47.0 Å². The first-order valence-electron chi connectivity index (χ1n) is 9.64. The van der Waals surface area contributed by atoms with Crippen LogP contribution in [0.4, 0.5) is 0 Å². The van der Waals surface area contributed by atoms with Crippen LogP contribution in [-0.4, -0.2) is 57.9 Å². The Morgan fingerprint density at radius 1 is 1.27 bits per heavy atom. The van der Waals surface area contributed by atoms with Crippen molar-refractivity contribution < 1.29 is 29.6 Å². The fourth-order valence-corrected chi connectivity index (χ4v) is 5.99. The molecular formula is C20H30O6. The molecule has 0 bridgehead atoms.